The Morgan fingerprint density at radius 2 is 1.76 bits per heavy atom. The fourth-order valence-corrected chi connectivity index (χ4v) is 3.84. The quantitative estimate of drug-likeness (QED) is 0.773. The van der Waals surface area contributed by atoms with Crippen molar-refractivity contribution in [2.45, 2.75) is 44.4 Å². The maximum Gasteiger partial charge on any atom is 0.235 e. The largest absolute Gasteiger partial charge is 0.339 e. The van der Waals surface area contributed by atoms with Crippen molar-refractivity contribution in [1.29, 1.82) is 0 Å². The predicted molar refractivity (Wildman–Crippen MR) is 90.9 cm³/mol. The van der Waals surface area contributed by atoms with Crippen molar-refractivity contribution in [3.05, 3.63) is 0 Å². The lowest BCUT2D eigenvalue weighted by atomic mass is 10.0. The molecule has 2 rings (SSSR count). The molecule has 0 aromatic heterocycles. The number of amides is 1. The number of piperidine rings is 1. The summed E-state index contributed by atoms with van der Waals surface area (Å²) in [6.45, 7) is 12.0. The normalized spacial score (nSPS) is 24.2. The van der Waals surface area contributed by atoms with Crippen LogP contribution in [0.15, 0.2) is 0 Å². The van der Waals surface area contributed by atoms with E-state index in [1.54, 1.807) is 11.8 Å². The van der Waals surface area contributed by atoms with Crippen LogP contribution in [0.2, 0.25) is 0 Å². The second kappa shape index (κ2) is 8.39. The van der Waals surface area contributed by atoms with Crippen molar-refractivity contribution in [2.75, 3.05) is 52.1 Å². The van der Waals surface area contributed by atoms with Crippen LogP contribution in [-0.4, -0.2) is 84.0 Å². The van der Waals surface area contributed by atoms with E-state index in [0.29, 0.717) is 5.91 Å². The van der Waals surface area contributed by atoms with Gasteiger partial charge in [0.05, 0.1) is 5.25 Å². The third kappa shape index (κ3) is 4.60. The second-order valence-electron chi connectivity index (χ2n) is 6.31. The van der Waals surface area contributed by atoms with E-state index in [1.807, 2.05) is 13.2 Å². The van der Waals surface area contributed by atoms with Crippen LogP contribution in [0.25, 0.3) is 0 Å². The standard InChI is InChI=1S/C16H31N3OS/c1-4-7-17-8-5-15(6-9-17)18-10-12-19(13-11-18)16(20)14(2)21-3/h14-15H,4-13H2,1-3H3/t14-/m0/s1. The first-order valence-corrected chi connectivity index (χ1v) is 9.72. The number of likely N-dealkylation sites (tertiary alicyclic amines) is 1. The summed E-state index contributed by atoms with van der Waals surface area (Å²) in [6.07, 6.45) is 5.88. The highest BCUT2D eigenvalue weighted by Gasteiger charge is 2.29. The molecule has 0 N–H and O–H groups in total. The summed E-state index contributed by atoms with van der Waals surface area (Å²) in [5.74, 6) is 0.319. The monoisotopic (exact) mass is 313 g/mol. The van der Waals surface area contributed by atoms with Gasteiger partial charge in [0.15, 0.2) is 0 Å². The maximum absolute atomic E-state index is 12.2. The SMILES string of the molecule is CCCN1CCC(N2CCN(C(=O)[C@H](C)SC)CC2)CC1. The number of rotatable bonds is 5. The van der Waals surface area contributed by atoms with E-state index in [4.69, 9.17) is 0 Å². The molecular formula is C16H31N3OS. The van der Waals surface area contributed by atoms with Crippen LogP contribution < -0.4 is 0 Å². The van der Waals surface area contributed by atoms with Crippen LogP contribution in [-0.2, 0) is 4.79 Å². The van der Waals surface area contributed by atoms with Crippen LogP contribution in [0.4, 0.5) is 0 Å². The molecule has 1 atom stereocenters. The zero-order valence-electron chi connectivity index (χ0n) is 13.9. The average molecular weight is 314 g/mol. The summed E-state index contributed by atoms with van der Waals surface area (Å²) in [5.41, 5.74) is 0. The Morgan fingerprint density at radius 3 is 2.29 bits per heavy atom. The number of piperazine rings is 1. The van der Waals surface area contributed by atoms with Gasteiger partial charge in [-0.3, -0.25) is 9.69 Å². The van der Waals surface area contributed by atoms with E-state index in [1.165, 1.54) is 38.9 Å². The lowest BCUT2D eigenvalue weighted by Crippen LogP contribution is -2.55. The molecule has 4 nitrogen and oxygen atoms in total. The van der Waals surface area contributed by atoms with Crippen LogP contribution in [0.5, 0.6) is 0 Å². The van der Waals surface area contributed by atoms with Gasteiger partial charge in [0.1, 0.15) is 0 Å². The van der Waals surface area contributed by atoms with E-state index < -0.39 is 0 Å². The summed E-state index contributed by atoms with van der Waals surface area (Å²) in [4.78, 5) is 19.5. The number of carbonyl (C=O) groups excluding carboxylic acids is 1. The first-order chi connectivity index (χ1) is 10.2. The molecule has 2 heterocycles. The molecule has 0 bridgehead atoms. The van der Waals surface area contributed by atoms with E-state index >= 15 is 0 Å². The Labute approximate surface area is 134 Å². The van der Waals surface area contributed by atoms with Gasteiger partial charge in [-0.1, -0.05) is 6.92 Å². The molecule has 5 heteroatoms. The van der Waals surface area contributed by atoms with Crippen LogP contribution >= 0.6 is 11.8 Å². The smallest absolute Gasteiger partial charge is 0.235 e. The van der Waals surface area contributed by atoms with Gasteiger partial charge in [-0.25, -0.2) is 0 Å². The summed E-state index contributed by atoms with van der Waals surface area (Å²) in [5, 5.41) is 0.105. The molecule has 0 spiro atoms. The summed E-state index contributed by atoms with van der Waals surface area (Å²) < 4.78 is 0. The van der Waals surface area contributed by atoms with Gasteiger partial charge in [0.2, 0.25) is 5.91 Å². The van der Waals surface area contributed by atoms with Crippen molar-refractivity contribution in [2.24, 2.45) is 0 Å². The number of hydrogen-bond donors (Lipinski definition) is 0. The fraction of sp³-hybridized carbons (Fsp3) is 0.938. The Balaban J connectivity index is 1.73. The lowest BCUT2D eigenvalue weighted by Gasteiger charge is -2.43. The Hall–Kier alpha value is -0.260. The highest BCUT2D eigenvalue weighted by Crippen LogP contribution is 2.19. The molecule has 0 radical (unpaired) electrons. The first kappa shape index (κ1) is 17.1. The van der Waals surface area contributed by atoms with Gasteiger partial charge >= 0.3 is 0 Å². The van der Waals surface area contributed by atoms with E-state index in [0.717, 1.165) is 32.2 Å². The first-order valence-electron chi connectivity index (χ1n) is 8.43. The van der Waals surface area contributed by atoms with Gasteiger partial charge < -0.3 is 9.80 Å². The van der Waals surface area contributed by atoms with Crippen molar-refractivity contribution >= 4 is 17.7 Å². The van der Waals surface area contributed by atoms with E-state index in [2.05, 4.69) is 21.6 Å². The topological polar surface area (TPSA) is 26.8 Å². The molecule has 0 unspecified atom stereocenters. The maximum atomic E-state index is 12.2. The van der Waals surface area contributed by atoms with Gasteiger partial charge in [0, 0.05) is 32.2 Å². The number of hydrogen-bond acceptors (Lipinski definition) is 4. The molecule has 0 aliphatic carbocycles. The van der Waals surface area contributed by atoms with Crippen molar-refractivity contribution in [3.63, 3.8) is 0 Å². The summed E-state index contributed by atoms with van der Waals surface area (Å²) in [7, 11) is 0. The molecule has 1 amide bonds. The van der Waals surface area contributed by atoms with Crippen LogP contribution in [0, 0.1) is 0 Å². The number of nitrogens with zero attached hydrogens (tertiary/aromatic N) is 3. The zero-order chi connectivity index (χ0) is 15.2. The molecule has 2 aliphatic rings. The molecule has 2 fully saturated rings. The summed E-state index contributed by atoms with van der Waals surface area (Å²) in [6, 6.07) is 0.744. The van der Waals surface area contributed by atoms with Gasteiger partial charge in [-0.2, -0.15) is 11.8 Å². The Morgan fingerprint density at radius 1 is 1.14 bits per heavy atom. The average Bonchev–Trinajstić information content (AvgIpc) is 2.54. The van der Waals surface area contributed by atoms with Crippen LogP contribution in [0.1, 0.15) is 33.1 Å². The van der Waals surface area contributed by atoms with Gasteiger partial charge in [0.25, 0.3) is 0 Å². The minimum absolute atomic E-state index is 0.105. The lowest BCUT2D eigenvalue weighted by molar-refractivity contribution is -0.132. The van der Waals surface area contributed by atoms with Gasteiger partial charge in [-0.15, -0.1) is 0 Å². The molecule has 122 valence electrons. The molecule has 21 heavy (non-hydrogen) atoms. The third-order valence-corrected chi connectivity index (χ3v) is 5.85. The number of thioether (sulfide) groups is 1. The fourth-order valence-electron chi connectivity index (χ4n) is 3.49. The third-order valence-electron chi connectivity index (χ3n) is 4.94. The Kier molecular flexibility index (Phi) is 6.83. The molecular weight excluding hydrogens is 282 g/mol. The highest BCUT2D eigenvalue weighted by atomic mass is 32.2. The van der Waals surface area contributed by atoms with Gasteiger partial charge in [-0.05, 0) is 52.1 Å². The summed E-state index contributed by atoms with van der Waals surface area (Å²) >= 11 is 1.65. The highest BCUT2D eigenvalue weighted by molar-refractivity contribution is 7.99. The van der Waals surface area contributed by atoms with Crippen molar-refractivity contribution < 1.29 is 4.79 Å². The minimum Gasteiger partial charge on any atom is -0.339 e. The van der Waals surface area contributed by atoms with E-state index in [-0.39, 0.29) is 5.25 Å². The molecule has 0 aromatic carbocycles. The predicted octanol–water partition coefficient (Wildman–Crippen LogP) is 1.76. The van der Waals surface area contributed by atoms with Crippen molar-refractivity contribution in [1.82, 2.24) is 14.7 Å². The zero-order valence-corrected chi connectivity index (χ0v) is 14.7. The molecule has 2 saturated heterocycles. The van der Waals surface area contributed by atoms with Crippen molar-refractivity contribution in [3.8, 4) is 0 Å². The molecule has 0 saturated carbocycles. The molecule has 0 aromatic rings. The van der Waals surface area contributed by atoms with E-state index in [9.17, 15) is 4.79 Å². The number of carbonyl (C=O) groups is 1. The Bertz CT molecular complexity index is 323. The molecule has 2 aliphatic heterocycles. The second-order valence-corrected chi connectivity index (χ2v) is 7.49. The minimum atomic E-state index is 0.105. The van der Waals surface area contributed by atoms with Crippen LogP contribution in [0.3, 0.4) is 0 Å².